The Morgan fingerprint density at radius 1 is 0.353 bits per heavy atom. The lowest BCUT2D eigenvalue weighted by Crippen LogP contribution is -2.31. The lowest BCUT2D eigenvalue weighted by Gasteiger charge is -2.32. The first-order valence-electron chi connectivity index (χ1n) is 20.2. The molecule has 1 atom stereocenters. The minimum Gasteiger partial charge on any atom is -0.385 e. The molecule has 0 rings (SSSR count). The third kappa shape index (κ3) is 26.7. The maximum atomic E-state index is 12.8. The second-order valence-electron chi connectivity index (χ2n) is 16.5. The second kappa shape index (κ2) is 27.9. The van der Waals surface area contributed by atoms with Crippen molar-refractivity contribution in [3.63, 3.8) is 0 Å². The minimum absolute atomic E-state index is 0.648. The van der Waals surface area contributed by atoms with E-state index in [-0.39, 0.29) is 0 Å². The van der Waals surface area contributed by atoms with Gasteiger partial charge in [-0.15, -0.1) is 0 Å². The molecular weight excluding hydrogens is 617 g/mol. The van der Waals surface area contributed by atoms with Crippen LogP contribution in [0, 0.1) is 0 Å². The Morgan fingerprint density at radius 3 is 0.961 bits per heavy atom. The van der Waals surface area contributed by atoms with Crippen molar-refractivity contribution >= 4 is 0 Å². The van der Waals surface area contributed by atoms with E-state index in [1.807, 2.05) is 0 Å². The molecule has 1 nitrogen and oxygen atoms in total. The first kappa shape index (κ1) is 48.4. The van der Waals surface area contributed by atoms with E-state index in [1.165, 1.54) is 61.3 Å². The first-order valence-corrected chi connectivity index (χ1v) is 20.2. The van der Waals surface area contributed by atoms with Gasteiger partial charge in [0, 0.05) is 0 Å². The predicted molar refractivity (Wildman–Crippen MR) is 233 cm³/mol. The van der Waals surface area contributed by atoms with Crippen molar-refractivity contribution in [1.29, 1.82) is 0 Å². The van der Waals surface area contributed by atoms with Crippen LogP contribution in [0.5, 0.6) is 0 Å². The average Bonchev–Trinajstić information content (AvgIpc) is 3.02. The standard InChI is InChI=1S/C50H82O/c1-39(2)21-15-25-43(9)28-19-30-45(11)33-34-49(48(14)32-18-24-42(7)8)50(51,37-35-46(12)27-17-23-41(5)6)38-36-47(13)31-20-29-44(10)26-16-22-40(3)4/h21-24,28-29,33,35-36,51H,15-20,25-27,30-32,34,37-38H2,1-14H3/b43-28?,44-29?,45-33?,46-35+,47-36?,49-48+. The highest BCUT2D eigenvalue weighted by molar-refractivity contribution is 5.30. The maximum Gasteiger partial charge on any atom is 0.0930 e. The van der Waals surface area contributed by atoms with Gasteiger partial charge in [0.2, 0.25) is 0 Å². The molecule has 0 aromatic carbocycles. The number of aliphatic hydroxyl groups is 1. The third-order valence-electron chi connectivity index (χ3n) is 9.72. The van der Waals surface area contributed by atoms with E-state index in [4.69, 9.17) is 0 Å². The first-order chi connectivity index (χ1) is 23.9. The van der Waals surface area contributed by atoms with Gasteiger partial charge in [-0.3, -0.25) is 0 Å². The molecule has 1 heteroatoms. The molecule has 0 saturated heterocycles. The molecule has 0 radical (unpaired) electrons. The molecule has 1 N–H and O–H groups in total. The van der Waals surface area contributed by atoms with Gasteiger partial charge in [-0.05, 0) is 199 Å². The van der Waals surface area contributed by atoms with E-state index < -0.39 is 5.60 Å². The summed E-state index contributed by atoms with van der Waals surface area (Å²) in [6, 6.07) is 0. The van der Waals surface area contributed by atoms with Crippen LogP contribution in [0.3, 0.4) is 0 Å². The molecule has 0 bridgehead atoms. The number of hydrogen-bond donors (Lipinski definition) is 1. The molecule has 0 aliphatic rings. The van der Waals surface area contributed by atoms with Crippen molar-refractivity contribution in [2.24, 2.45) is 0 Å². The lowest BCUT2D eigenvalue weighted by molar-refractivity contribution is 0.0806. The topological polar surface area (TPSA) is 20.2 Å². The molecule has 0 aliphatic carbocycles. The molecule has 0 saturated carbocycles. The normalized spacial score (nSPS) is 14.8. The van der Waals surface area contributed by atoms with Gasteiger partial charge in [0.1, 0.15) is 0 Å². The van der Waals surface area contributed by atoms with Crippen molar-refractivity contribution < 1.29 is 5.11 Å². The van der Waals surface area contributed by atoms with Gasteiger partial charge in [-0.25, -0.2) is 0 Å². The highest BCUT2D eigenvalue weighted by atomic mass is 16.3. The molecule has 0 fully saturated rings. The largest absolute Gasteiger partial charge is 0.385 e. The Morgan fingerprint density at radius 2 is 0.627 bits per heavy atom. The summed E-state index contributed by atoms with van der Waals surface area (Å²) < 4.78 is 0. The fourth-order valence-electron chi connectivity index (χ4n) is 6.15. The Balaban J connectivity index is 6.36. The molecule has 0 aliphatic heterocycles. The fourth-order valence-corrected chi connectivity index (χ4v) is 6.15. The maximum absolute atomic E-state index is 12.8. The highest BCUT2D eigenvalue weighted by Gasteiger charge is 2.30. The van der Waals surface area contributed by atoms with Crippen molar-refractivity contribution in [1.82, 2.24) is 0 Å². The zero-order valence-corrected chi connectivity index (χ0v) is 36.2. The van der Waals surface area contributed by atoms with Gasteiger partial charge < -0.3 is 5.11 Å². The summed E-state index contributed by atoms with van der Waals surface area (Å²) >= 11 is 0. The van der Waals surface area contributed by atoms with Crippen LogP contribution in [-0.4, -0.2) is 10.7 Å². The summed E-state index contributed by atoms with van der Waals surface area (Å²) in [5.41, 5.74) is 14.2. The second-order valence-corrected chi connectivity index (χ2v) is 16.5. The zero-order chi connectivity index (χ0) is 38.8. The predicted octanol–water partition coefficient (Wildman–Crippen LogP) is 16.5. The van der Waals surface area contributed by atoms with Crippen LogP contribution in [0.4, 0.5) is 0 Å². The molecule has 0 amide bonds. The van der Waals surface area contributed by atoms with Gasteiger partial charge in [-0.1, -0.05) is 110 Å². The van der Waals surface area contributed by atoms with Crippen LogP contribution in [0.2, 0.25) is 0 Å². The Labute approximate surface area is 319 Å². The van der Waals surface area contributed by atoms with E-state index in [1.54, 1.807) is 0 Å². The van der Waals surface area contributed by atoms with E-state index in [0.29, 0.717) is 12.8 Å². The molecule has 288 valence electrons. The number of allylic oxidation sites excluding steroid dienone is 17. The smallest absolute Gasteiger partial charge is 0.0930 e. The summed E-state index contributed by atoms with van der Waals surface area (Å²) in [7, 11) is 0. The molecule has 0 heterocycles. The summed E-state index contributed by atoms with van der Waals surface area (Å²) in [5.74, 6) is 0. The Hall–Kier alpha value is -2.64. The summed E-state index contributed by atoms with van der Waals surface area (Å²) in [6.07, 6.45) is 36.1. The van der Waals surface area contributed by atoms with Gasteiger partial charge in [-0.2, -0.15) is 0 Å². The zero-order valence-electron chi connectivity index (χ0n) is 36.2. The van der Waals surface area contributed by atoms with E-state index in [9.17, 15) is 5.11 Å². The fraction of sp³-hybridized carbons (Fsp3) is 0.600. The third-order valence-corrected chi connectivity index (χ3v) is 9.72. The quantitative estimate of drug-likeness (QED) is 0.0941. The average molecular weight is 699 g/mol. The number of rotatable bonds is 25. The number of hydrogen-bond acceptors (Lipinski definition) is 1. The summed E-state index contributed by atoms with van der Waals surface area (Å²) in [5, 5.41) is 12.8. The van der Waals surface area contributed by atoms with Crippen LogP contribution in [0.25, 0.3) is 0 Å². The highest BCUT2D eigenvalue weighted by Crippen LogP contribution is 2.35. The van der Waals surface area contributed by atoms with Gasteiger partial charge >= 0.3 is 0 Å². The molecule has 0 aromatic rings. The van der Waals surface area contributed by atoms with Crippen LogP contribution in [0.1, 0.15) is 193 Å². The van der Waals surface area contributed by atoms with Gasteiger partial charge in [0.05, 0.1) is 5.60 Å². The molecule has 0 aromatic heterocycles. The molecular formula is C50H82O. The summed E-state index contributed by atoms with van der Waals surface area (Å²) in [4.78, 5) is 0. The summed E-state index contributed by atoms with van der Waals surface area (Å²) in [6.45, 7) is 30.9. The van der Waals surface area contributed by atoms with Crippen molar-refractivity contribution in [2.75, 3.05) is 0 Å². The van der Waals surface area contributed by atoms with Gasteiger partial charge in [0.25, 0.3) is 0 Å². The molecule has 0 spiro atoms. The van der Waals surface area contributed by atoms with Crippen LogP contribution in [-0.2, 0) is 0 Å². The monoisotopic (exact) mass is 699 g/mol. The van der Waals surface area contributed by atoms with Crippen LogP contribution in [0.15, 0.2) is 116 Å². The van der Waals surface area contributed by atoms with E-state index >= 15 is 0 Å². The van der Waals surface area contributed by atoms with Crippen molar-refractivity contribution in [2.45, 2.75) is 199 Å². The molecule has 1 unspecified atom stereocenters. The van der Waals surface area contributed by atoms with Crippen LogP contribution < -0.4 is 0 Å². The minimum atomic E-state index is -0.914. The van der Waals surface area contributed by atoms with Gasteiger partial charge in [0.15, 0.2) is 0 Å². The van der Waals surface area contributed by atoms with Crippen LogP contribution >= 0.6 is 0 Å². The van der Waals surface area contributed by atoms with E-state index in [2.05, 4.69) is 152 Å². The SMILES string of the molecule is CC(C)=CCCC(C)=CCCC(C)=CC/C(=C(/C)CCC=C(C)C)C(O)(CC=C(C)CCC=C(C)CCC=C(C)C)C/C=C(\C)CCC=C(C)C. The molecule has 51 heavy (non-hydrogen) atoms. The van der Waals surface area contributed by atoms with Crippen molar-refractivity contribution in [3.05, 3.63) is 116 Å². The van der Waals surface area contributed by atoms with E-state index in [0.717, 1.165) is 83.5 Å². The lowest BCUT2D eigenvalue weighted by atomic mass is 9.79. The van der Waals surface area contributed by atoms with Crippen molar-refractivity contribution in [3.8, 4) is 0 Å². The Bertz CT molecular complexity index is 1320. The Kier molecular flexibility index (Phi) is 26.5.